The molecule has 3 aliphatic rings. The van der Waals surface area contributed by atoms with Crippen LogP contribution in [0, 0.1) is 0 Å². The van der Waals surface area contributed by atoms with E-state index in [9.17, 15) is 4.79 Å². The molecule has 0 unspecified atom stereocenters. The van der Waals surface area contributed by atoms with Crippen molar-refractivity contribution in [3.63, 3.8) is 0 Å². The van der Waals surface area contributed by atoms with Gasteiger partial charge >= 0.3 is 6.09 Å². The van der Waals surface area contributed by atoms with Gasteiger partial charge in [-0.25, -0.2) is 4.79 Å². The first kappa shape index (κ1) is 16.1. The van der Waals surface area contributed by atoms with Crippen molar-refractivity contribution in [1.29, 1.82) is 0 Å². The van der Waals surface area contributed by atoms with Gasteiger partial charge in [-0.15, -0.1) is 0 Å². The lowest BCUT2D eigenvalue weighted by atomic mass is 9.83. The number of hydrogen-bond donors (Lipinski definition) is 1. The van der Waals surface area contributed by atoms with Crippen molar-refractivity contribution in [3.05, 3.63) is 0 Å². The van der Waals surface area contributed by atoms with Gasteiger partial charge in [-0.2, -0.15) is 0 Å². The summed E-state index contributed by atoms with van der Waals surface area (Å²) >= 11 is 0. The van der Waals surface area contributed by atoms with Crippen LogP contribution < -0.4 is 5.32 Å². The Hall–Kier alpha value is -0.810. The smallest absolute Gasteiger partial charge is 0.410 e. The molecule has 3 atom stereocenters. The highest BCUT2D eigenvalue weighted by Crippen LogP contribution is 2.31. The van der Waals surface area contributed by atoms with Crippen LogP contribution in [-0.2, 0) is 4.74 Å². The summed E-state index contributed by atoms with van der Waals surface area (Å²) < 4.78 is 5.63. The third-order valence-corrected chi connectivity index (χ3v) is 5.20. The van der Waals surface area contributed by atoms with Crippen LogP contribution in [0.2, 0.25) is 0 Å². The number of carbonyl (C=O) groups is 1. The van der Waals surface area contributed by atoms with Crippen LogP contribution in [0.1, 0.15) is 52.9 Å². The molecule has 0 radical (unpaired) electrons. The quantitative estimate of drug-likeness (QED) is 0.806. The average Bonchev–Trinajstić information content (AvgIpc) is 2.98. The number of amides is 1. The molecule has 2 aliphatic heterocycles. The number of ether oxygens (including phenoxy) is 1. The second-order valence-electron chi connectivity index (χ2n) is 7.96. The number of likely N-dealkylation sites (tertiary alicyclic amines) is 1. The second-order valence-corrected chi connectivity index (χ2v) is 7.96. The number of nitrogens with zero attached hydrogens (tertiary/aromatic N) is 2. The van der Waals surface area contributed by atoms with E-state index in [0.29, 0.717) is 18.1 Å². The summed E-state index contributed by atoms with van der Waals surface area (Å²) in [6.07, 6.45) is 6.08. The highest BCUT2D eigenvalue weighted by atomic mass is 16.6. The summed E-state index contributed by atoms with van der Waals surface area (Å²) in [5, 5.41) is 3.70. The van der Waals surface area contributed by atoms with Gasteiger partial charge in [0, 0.05) is 25.2 Å². The van der Waals surface area contributed by atoms with Crippen molar-refractivity contribution in [3.8, 4) is 0 Å². The molecule has 0 aromatic carbocycles. The van der Waals surface area contributed by atoms with Crippen LogP contribution in [0.5, 0.6) is 0 Å². The topological polar surface area (TPSA) is 44.8 Å². The Bertz CT molecular complexity index is 401. The standard InChI is InChI=1S/C17H31N3O2/c1-17(2,3)22-16(21)20-12-9-18-15-13(7-6-8-14(15)20)19-10-4-5-11-19/h13-15,18H,4-12H2,1-3H3/t13-,14+,15-/m0/s1. The molecule has 3 rings (SSSR count). The third-order valence-electron chi connectivity index (χ3n) is 5.20. The molecule has 0 aromatic heterocycles. The molecule has 1 N–H and O–H groups in total. The lowest BCUT2D eigenvalue weighted by molar-refractivity contribution is -0.0122. The molecule has 3 fully saturated rings. The van der Waals surface area contributed by atoms with E-state index >= 15 is 0 Å². The zero-order chi connectivity index (χ0) is 15.7. The Morgan fingerprint density at radius 2 is 1.73 bits per heavy atom. The zero-order valence-corrected chi connectivity index (χ0v) is 14.3. The van der Waals surface area contributed by atoms with E-state index < -0.39 is 5.60 Å². The van der Waals surface area contributed by atoms with Crippen molar-refractivity contribution in [2.24, 2.45) is 0 Å². The maximum absolute atomic E-state index is 12.6. The first-order valence-electron chi connectivity index (χ1n) is 8.93. The average molecular weight is 309 g/mol. The maximum atomic E-state index is 12.6. The van der Waals surface area contributed by atoms with Gasteiger partial charge in [-0.05, 0) is 66.0 Å². The summed E-state index contributed by atoms with van der Waals surface area (Å²) in [7, 11) is 0. The van der Waals surface area contributed by atoms with E-state index in [1.165, 1.54) is 38.8 Å². The summed E-state index contributed by atoms with van der Waals surface area (Å²) in [4.78, 5) is 17.2. The molecular weight excluding hydrogens is 278 g/mol. The number of fused-ring (bicyclic) bond motifs is 1. The van der Waals surface area contributed by atoms with Crippen molar-refractivity contribution >= 4 is 6.09 Å². The van der Waals surface area contributed by atoms with Crippen molar-refractivity contribution in [1.82, 2.24) is 15.1 Å². The fourth-order valence-corrected chi connectivity index (χ4v) is 4.32. The minimum absolute atomic E-state index is 0.133. The van der Waals surface area contributed by atoms with Crippen molar-refractivity contribution in [2.45, 2.75) is 76.6 Å². The Morgan fingerprint density at radius 3 is 2.41 bits per heavy atom. The van der Waals surface area contributed by atoms with Gasteiger partial charge in [0.25, 0.3) is 0 Å². The minimum Gasteiger partial charge on any atom is -0.444 e. The van der Waals surface area contributed by atoms with E-state index in [1.807, 2.05) is 25.7 Å². The number of carbonyl (C=O) groups excluding carboxylic acids is 1. The van der Waals surface area contributed by atoms with Crippen LogP contribution >= 0.6 is 0 Å². The normalized spacial score (nSPS) is 33.6. The Morgan fingerprint density at radius 1 is 1.05 bits per heavy atom. The number of nitrogens with one attached hydrogen (secondary N) is 1. The van der Waals surface area contributed by atoms with Crippen molar-refractivity contribution < 1.29 is 9.53 Å². The summed E-state index contributed by atoms with van der Waals surface area (Å²) in [6.45, 7) is 9.92. The molecule has 0 spiro atoms. The molecule has 22 heavy (non-hydrogen) atoms. The zero-order valence-electron chi connectivity index (χ0n) is 14.3. The first-order chi connectivity index (χ1) is 10.5. The lowest BCUT2D eigenvalue weighted by Gasteiger charge is -2.50. The molecule has 5 heteroatoms. The lowest BCUT2D eigenvalue weighted by Crippen LogP contribution is -2.67. The summed E-state index contributed by atoms with van der Waals surface area (Å²) in [5.74, 6) is 0. The monoisotopic (exact) mass is 309 g/mol. The maximum Gasteiger partial charge on any atom is 0.410 e. The number of rotatable bonds is 1. The van der Waals surface area contributed by atoms with Gasteiger partial charge in [-0.1, -0.05) is 0 Å². The van der Waals surface area contributed by atoms with Gasteiger partial charge in [-0.3, -0.25) is 4.90 Å². The van der Waals surface area contributed by atoms with E-state index in [-0.39, 0.29) is 6.09 Å². The van der Waals surface area contributed by atoms with Gasteiger partial charge in [0.1, 0.15) is 5.60 Å². The highest BCUT2D eigenvalue weighted by molar-refractivity contribution is 5.69. The predicted molar refractivity (Wildman–Crippen MR) is 87.0 cm³/mol. The molecule has 1 saturated carbocycles. The van der Waals surface area contributed by atoms with Gasteiger partial charge < -0.3 is 15.0 Å². The largest absolute Gasteiger partial charge is 0.444 e. The van der Waals surface area contributed by atoms with E-state index in [0.717, 1.165) is 19.5 Å². The molecule has 1 aliphatic carbocycles. The van der Waals surface area contributed by atoms with Crippen LogP contribution in [0.4, 0.5) is 4.79 Å². The van der Waals surface area contributed by atoms with Crippen molar-refractivity contribution in [2.75, 3.05) is 26.2 Å². The van der Waals surface area contributed by atoms with Gasteiger partial charge in [0.05, 0.1) is 6.04 Å². The summed E-state index contributed by atoms with van der Waals surface area (Å²) in [6, 6.07) is 1.29. The van der Waals surface area contributed by atoms with Crippen LogP contribution in [0.3, 0.4) is 0 Å². The van der Waals surface area contributed by atoms with Crippen LogP contribution in [-0.4, -0.2) is 65.8 Å². The molecular formula is C17H31N3O2. The SMILES string of the molecule is CC(C)(C)OC(=O)N1CCN[C@@H]2[C@H]1CCC[C@@H]2N1CCCC1. The minimum atomic E-state index is -0.416. The number of hydrogen-bond acceptors (Lipinski definition) is 4. The fourth-order valence-electron chi connectivity index (χ4n) is 4.32. The molecule has 5 nitrogen and oxygen atoms in total. The Labute approximate surface area is 134 Å². The predicted octanol–water partition coefficient (Wildman–Crippen LogP) is 2.21. The van der Waals surface area contributed by atoms with Crippen LogP contribution in [0.25, 0.3) is 0 Å². The molecule has 2 heterocycles. The van der Waals surface area contributed by atoms with E-state index in [4.69, 9.17) is 4.74 Å². The van der Waals surface area contributed by atoms with E-state index in [1.54, 1.807) is 0 Å². The Balaban J connectivity index is 1.70. The first-order valence-corrected chi connectivity index (χ1v) is 8.93. The number of piperazine rings is 1. The van der Waals surface area contributed by atoms with E-state index in [2.05, 4.69) is 10.2 Å². The van der Waals surface area contributed by atoms with Gasteiger partial charge in [0.15, 0.2) is 0 Å². The third kappa shape index (κ3) is 3.40. The second kappa shape index (κ2) is 6.36. The molecule has 1 amide bonds. The molecule has 126 valence electrons. The van der Waals surface area contributed by atoms with Crippen LogP contribution in [0.15, 0.2) is 0 Å². The summed E-state index contributed by atoms with van der Waals surface area (Å²) in [5.41, 5.74) is -0.416. The van der Waals surface area contributed by atoms with Gasteiger partial charge in [0.2, 0.25) is 0 Å². The molecule has 0 bridgehead atoms. The molecule has 0 aromatic rings. The Kier molecular flexibility index (Phi) is 4.64. The molecule has 2 saturated heterocycles. The highest BCUT2D eigenvalue weighted by Gasteiger charge is 2.44. The fraction of sp³-hybridized carbons (Fsp3) is 0.941.